The maximum absolute atomic E-state index is 12.5. The third-order valence-corrected chi connectivity index (χ3v) is 2.17. The molecular weight excluding hydrogens is 181 g/mol. The van der Waals surface area contributed by atoms with Gasteiger partial charge >= 0.3 is 0 Å². The van der Waals surface area contributed by atoms with Crippen LogP contribution in [0, 0.1) is 11.7 Å². The molecule has 1 rings (SSSR count). The van der Waals surface area contributed by atoms with Crippen LogP contribution < -0.4 is 5.32 Å². The normalized spacial score (nSPS) is 12.2. The van der Waals surface area contributed by atoms with Gasteiger partial charge in [0, 0.05) is 11.6 Å². The van der Waals surface area contributed by atoms with Gasteiger partial charge in [0.1, 0.15) is 5.82 Å². The van der Waals surface area contributed by atoms with Gasteiger partial charge in [-0.25, -0.2) is 4.39 Å². The first kappa shape index (κ1) is 10.7. The van der Waals surface area contributed by atoms with Crippen molar-refractivity contribution in [3.05, 3.63) is 30.1 Å². The molecule has 0 unspecified atom stereocenters. The first-order chi connectivity index (χ1) is 6.63. The largest absolute Gasteiger partial charge is 0.326 e. The van der Waals surface area contributed by atoms with E-state index >= 15 is 0 Å². The number of amides is 1. The molecular formula is C11H14FNO. The number of rotatable bonds is 3. The second kappa shape index (κ2) is 4.74. The maximum atomic E-state index is 12.5. The molecule has 0 heterocycles. The van der Waals surface area contributed by atoms with E-state index in [4.69, 9.17) is 0 Å². The van der Waals surface area contributed by atoms with E-state index < -0.39 is 0 Å². The van der Waals surface area contributed by atoms with Crippen molar-refractivity contribution in [2.75, 3.05) is 5.32 Å². The zero-order valence-electron chi connectivity index (χ0n) is 8.38. The van der Waals surface area contributed by atoms with Crippen molar-refractivity contribution in [2.45, 2.75) is 20.3 Å². The molecule has 2 nitrogen and oxygen atoms in total. The van der Waals surface area contributed by atoms with E-state index in [1.807, 2.05) is 13.8 Å². The first-order valence-corrected chi connectivity index (χ1v) is 4.70. The Labute approximate surface area is 83.1 Å². The average Bonchev–Trinajstić information content (AvgIpc) is 2.20. The van der Waals surface area contributed by atoms with Crippen LogP contribution >= 0.6 is 0 Å². The lowest BCUT2D eigenvalue weighted by atomic mass is 10.1. The molecule has 0 saturated heterocycles. The second-order valence-corrected chi connectivity index (χ2v) is 3.31. The molecule has 3 heteroatoms. The van der Waals surface area contributed by atoms with Crippen molar-refractivity contribution >= 4 is 11.6 Å². The lowest BCUT2D eigenvalue weighted by Gasteiger charge is -2.09. The number of hydrogen-bond acceptors (Lipinski definition) is 1. The molecule has 0 radical (unpaired) electrons. The second-order valence-electron chi connectivity index (χ2n) is 3.31. The fourth-order valence-electron chi connectivity index (χ4n) is 0.984. The Kier molecular flexibility index (Phi) is 3.63. The minimum Gasteiger partial charge on any atom is -0.326 e. The molecule has 1 aromatic rings. The standard InChI is InChI=1S/C11H14FNO/c1-3-8(2)11(14)13-10-6-4-9(12)5-7-10/h4-8H,3H2,1-2H3,(H,13,14)/t8-/m1/s1. The Balaban J connectivity index is 2.60. The van der Waals surface area contributed by atoms with Gasteiger partial charge in [0.25, 0.3) is 0 Å². The van der Waals surface area contributed by atoms with Crippen LogP contribution in [0.15, 0.2) is 24.3 Å². The lowest BCUT2D eigenvalue weighted by molar-refractivity contribution is -0.119. The van der Waals surface area contributed by atoms with E-state index in [1.165, 1.54) is 12.1 Å². The highest BCUT2D eigenvalue weighted by atomic mass is 19.1. The summed E-state index contributed by atoms with van der Waals surface area (Å²) in [7, 11) is 0. The summed E-state index contributed by atoms with van der Waals surface area (Å²) in [6, 6.07) is 5.75. The molecule has 1 amide bonds. The predicted octanol–water partition coefficient (Wildman–Crippen LogP) is 2.81. The third kappa shape index (κ3) is 2.83. The van der Waals surface area contributed by atoms with E-state index in [2.05, 4.69) is 5.32 Å². The van der Waals surface area contributed by atoms with Crippen LogP contribution in [0.2, 0.25) is 0 Å². The Hall–Kier alpha value is -1.38. The summed E-state index contributed by atoms with van der Waals surface area (Å²) in [5.41, 5.74) is 0.636. The number of nitrogens with one attached hydrogen (secondary N) is 1. The summed E-state index contributed by atoms with van der Waals surface area (Å²) >= 11 is 0. The van der Waals surface area contributed by atoms with Gasteiger partial charge in [-0.15, -0.1) is 0 Å². The van der Waals surface area contributed by atoms with E-state index in [1.54, 1.807) is 12.1 Å². The van der Waals surface area contributed by atoms with Gasteiger partial charge in [0.2, 0.25) is 5.91 Å². The van der Waals surface area contributed by atoms with Gasteiger partial charge in [0.15, 0.2) is 0 Å². The highest BCUT2D eigenvalue weighted by Gasteiger charge is 2.09. The zero-order chi connectivity index (χ0) is 10.6. The molecule has 0 aliphatic rings. The summed E-state index contributed by atoms with van der Waals surface area (Å²) in [5, 5.41) is 2.71. The van der Waals surface area contributed by atoms with E-state index in [-0.39, 0.29) is 17.6 Å². The number of halogens is 1. The van der Waals surface area contributed by atoms with Crippen molar-refractivity contribution in [3.63, 3.8) is 0 Å². The van der Waals surface area contributed by atoms with E-state index in [0.717, 1.165) is 6.42 Å². The number of anilines is 1. The minimum atomic E-state index is -0.300. The molecule has 14 heavy (non-hydrogen) atoms. The molecule has 76 valence electrons. The van der Waals surface area contributed by atoms with Gasteiger partial charge in [-0.1, -0.05) is 13.8 Å². The van der Waals surface area contributed by atoms with Crippen LogP contribution in [0.25, 0.3) is 0 Å². The third-order valence-electron chi connectivity index (χ3n) is 2.17. The number of benzene rings is 1. The van der Waals surface area contributed by atoms with Gasteiger partial charge in [-0.2, -0.15) is 0 Å². The molecule has 0 aliphatic carbocycles. The van der Waals surface area contributed by atoms with Gasteiger partial charge in [-0.3, -0.25) is 4.79 Å². The molecule has 1 aromatic carbocycles. The summed E-state index contributed by atoms with van der Waals surface area (Å²) in [6.07, 6.45) is 0.799. The Morgan fingerprint density at radius 2 is 2.00 bits per heavy atom. The smallest absolute Gasteiger partial charge is 0.227 e. The molecule has 0 fully saturated rings. The summed E-state index contributed by atoms with van der Waals surface area (Å²) < 4.78 is 12.5. The molecule has 0 bridgehead atoms. The Morgan fingerprint density at radius 3 is 2.50 bits per heavy atom. The van der Waals surface area contributed by atoms with Crippen LogP contribution in [0.5, 0.6) is 0 Å². The fourth-order valence-corrected chi connectivity index (χ4v) is 0.984. The molecule has 0 aliphatic heterocycles. The van der Waals surface area contributed by atoms with Crippen molar-refractivity contribution in [1.29, 1.82) is 0 Å². The zero-order valence-corrected chi connectivity index (χ0v) is 8.38. The Bertz CT molecular complexity index is 308. The number of carbonyl (C=O) groups excluding carboxylic acids is 1. The summed E-state index contributed by atoms with van der Waals surface area (Å²) in [5.74, 6) is -0.342. The Morgan fingerprint density at radius 1 is 1.43 bits per heavy atom. The topological polar surface area (TPSA) is 29.1 Å². The highest BCUT2D eigenvalue weighted by Crippen LogP contribution is 2.10. The monoisotopic (exact) mass is 195 g/mol. The van der Waals surface area contributed by atoms with Crippen LogP contribution in [0.1, 0.15) is 20.3 Å². The van der Waals surface area contributed by atoms with Crippen LogP contribution in [-0.2, 0) is 4.79 Å². The quantitative estimate of drug-likeness (QED) is 0.789. The highest BCUT2D eigenvalue weighted by molar-refractivity contribution is 5.92. The molecule has 1 atom stereocenters. The van der Waals surface area contributed by atoms with E-state index in [0.29, 0.717) is 5.69 Å². The minimum absolute atomic E-state index is 0.0138. The van der Waals surface area contributed by atoms with Crippen molar-refractivity contribution in [3.8, 4) is 0 Å². The predicted molar refractivity (Wildman–Crippen MR) is 54.5 cm³/mol. The summed E-state index contributed by atoms with van der Waals surface area (Å²) in [6.45, 7) is 3.81. The average molecular weight is 195 g/mol. The molecule has 0 spiro atoms. The van der Waals surface area contributed by atoms with Crippen molar-refractivity contribution in [2.24, 2.45) is 5.92 Å². The van der Waals surface area contributed by atoms with Crippen molar-refractivity contribution < 1.29 is 9.18 Å². The number of carbonyl (C=O) groups is 1. The summed E-state index contributed by atoms with van der Waals surface area (Å²) in [4.78, 5) is 11.4. The van der Waals surface area contributed by atoms with E-state index in [9.17, 15) is 9.18 Å². The maximum Gasteiger partial charge on any atom is 0.227 e. The lowest BCUT2D eigenvalue weighted by Crippen LogP contribution is -2.19. The van der Waals surface area contributed by atoms with Gasteiger partial charge in [0.05, 0.1) is 0 Å². The molecule has 0 aromatic heterocycles. The SMILES string of the molecule is CC[C@@H](C)C(=O)Nc1ccc(F)cc1. The van der Waals surface area contributed by atoms with Crippen molar-refractivity contribution in [1.82, 2.24) is 0 Å². The fraction of sp³-hybridized carbons (Fsp3) is 0.364. The van der Waals surface area contributed by atoms with Crippen LogP contribution in [-0.4, -0.2) is 5.91 Å². The molecule has 1 N–H and O–H groups in total. The molecule has 0 saturated carbocycles. The van der Waals surface area contributed by atoms with Gasteiger partial charge < -0.3 is 5.32 Å². The van der Waals surface area contributed by atoms with Gasteiger partial charge in [-0.05, 0) is 30.7 Å². The number of hydrogen-bond donors (Lipinski definition) is 1. The first-order valence-electron chi connectivity index (χ1n) is 4.70. The van der Waals surface area contributed by atoms with Crippen LogP contribution in [0.3, 0.4) is 0 Å². The van der Waals surface area contributed by atoms with Crippen LogP contribution in [0.4, 0.5) is 10.1 Å².